The van der Waals surface area contributed by atoms with Gasteiger partial charge in [0.1, 0.15) is 0 Å². The molecule has 5 aliphatic carbocycles. The van der Waals surface area contributed by atoms with Crippen molar-refractivity contribution in [3.8, 4) is 0 Å². The Morgan fingerprint density at radius 3 is 2.24 bits per heavy atom. The summed E-state index contributed by atoms with van der Waals surface area (Å²) >= 11 is 0. The molecular weight excluding hydrogens is 300 g/mol. The first-order valence-electron chi connectivity index (χ1n) is 11.5. The average molecular weight is 341 g/mol. The largest absolute Gasteiger partial charge is 0.0998 e. The zero-order valence-electron chi connectivity index (χ0n) is 17.2. The minimum Gasteiger partial charge on any atom is -0.0998 e. The van der Waals surface area contributed by atoms with Crippen LogP contribution in [0.5, 0.6) is 0 Å². The highest BCUT2D eigenvalue weighted by Crippen LogP contribution is 2.73. The molecule has 0 radical (unpaired) electrons. The Morgan fingerprint density at radius 1 is 0.840 bits per heavy atom. The van der Waals surface area contributed by atoms with E-state index in [9.17, 15) is 0 Å². The monoisotopic (exact) mass is 340 g/mol. The molecule has 0 nitrogen and oxygen atoms in total. The molecule has 9 atom stereocenters. The zero-order chi connectivity index (χ0) is 17.6. The normalized spacial score (nSPS) is 59.8. The van der Waals surface area contributed by atoms with Crippen molar-refractivity contribution in [2.45, 2.75) is 91.9 Å². The summed E-state index contributed by atoms with van der Waals surface area (Å²) < 4.78 is 0. The van der Waals surface area contributed by atoms with Crippen LogP contribution in [0.2, 0.25) is 0 Å². The van der Waals surface area contributed by atoms with E-state index in [-0.39, 0.29) is 0 Å². The molecule has 5 saturated carbocycles. The molecule has 0 aromatic carbocycles. The quantitative estimate of drug-likeness (QED) is 0.441. The van der Waals surface area contributed by atoms with Gasteiger partial charge in [-0.1, -0.05) is 32.9 Å². The van der Waals surface area contributed by atoms with E-state index in [0.29, 0.717) is 10.8 Å². The molecule has 0 amide bonds. The fraction of sp³-hybridized carbons (Fsp3) is 0.920. The fourth-order valence-corrected chi connectivity index (χ4v) is 9.36. The van der Waals surface area contributed by atoms with Crippen LogP contribution in [0.4, 0.5) is 0 Å². The second-order valence-electron chi connectivity index (χ2n) is 11.8. The van der Waals surface area contributed by atoms with E-state index in [1.807, 2.05) is 0 Å². The minimum atomic E-state index is 0.580. The van der Waals surface area contributed by atoms with Crippen molar-refractivity contribution in [1.82, 2.24) is 0 Å². The van der Waals surface area contributed by atoms with E-state index in [1.165, 1.54) is 31.3 Å². The molecule has 0 aromatic heterocycles. The first-order valence-corrected chi connectivity index (χ1v) is 11.5. The number of rotatable bonds is 1. The van der Waals surface area contributed by atoms with Crippen LogP contribution in [-0.4, -0.2) is 0 Å². The van der Waals surface area contributed by atoms with Gasteiger partial charge in [-0.2, -0.15) is 0 Å². The predicted octanol–water partition coefficient (Wildman–Crippen LogP) is 7.25. The Labute approximate surface area is 156 Å². The molecule has 0 heterocycles. The Hall–Kier alpha value is -0.260. The molecule has 0 saturated heterocycles. The fourth-order valence-electron chi connectivity index (χ4n) is 9.36. The topological polar surface area (TPSA) is 0 Å². The molecule has 0 aliphatic heterocycles. The average Bonchev–Trinajstić information content (AvgIpc) is 3.01. The number of fused-ring (bicyclic) bond motifs is 5. The van der Waals surface area contributed by atoms with Crippen molar-refractivity contribution >= 4 is 0 Å². The van der Waals surface area contributed by atoms with Gasteiger partial charge in [0.2, 0.25) is 0 Å². The lowest BCUT2D eigenvalue weighted by molar-refractivity contribution is -0.119. The lowest BCUT2D eigenvalue weighted by atomic mass is 9.43. The Kier molecular flexibility index (Phi) is 3.49. The molecule has 0 bridgehead atoms. The maximum absolute atomic E-state index is 4.39. The van der Waals surface area contributed by atoms with Gasteiger partial charge < -0.3 is 0 Å². The van der Waals surface area contributed by atoms with E-state index >= 15 is 0 Å². The third-order valence-electron chi connectivity index (χ3n) is 11.1. The highest BCUT2D eigenvalue weighted by molar-refractivity contribution is 5.16. The lowest BCUT2D eigenvalue weighted by Crippen LogP contribution is -2.53. The SMILES string of the molecule is C=C(C)[C@H]1CCC2C3CC[C@H]4C[C@@]5(CC[C@]4(C)C3CC[C@@]21C)C[C@H]5C. The third-order valence-corrected chi connectivity index (χ3v) is 11.1. The smallest absolute Gasteiger partial charge is 0.0152 e. The first-order chi connectivity index (χ1) is 11.8. The summed E-state index contributed by atoms with van der Waals surface area (Å²) in [4.78, 5) is 0. The molecule has 3 unspecified atom stereocenters. The van der Waals surface area contributed by atoms with Crippen molar-refractivity contribution in [2.75, 3.05) is 0 Å². The summed E-state index contributed by atoms with van der Waals surface area (Å²) in [5.74, 6) is 5.98. The van der Waals surface area contributed by atoms with Crippen molar-refractivity contribution in [3.63, 3.8) is 0 Å². The number of hydrogen-bond acceptors (Lipinski definition) is 0. The van der Waals surface area contributed by atoms with Crippen molar-refractivity contribution in [1.29, 1.82) is 0 Å². The van der Waals surface area contributed by atoms with Gasteiger partial charge in [-0.25, -0.2) is 0 Å². The van der Waals surface area contributed by atoms with Crippen molar-refractivity contribution in [3.05, 3.63) is 12.2 Å². The molecule has 5 aliphatic rings. The molecule has 0 heteroatoms. The van der Waals surface area contributed by atoms with Crippen LogP contribution in [0.15, 0.2) is 12.2 Å². The van der Waals surface area contributed by atoms with Crippen LogP contribution in [0, 0.1) is 51.8 Å². The third kappa shape index (κ3) is 2.12. The molecule has 0 aromatic rings. The molecule has 140 valence electrons. The van der Waals surface area contributed by atoms with Gasteiger partial charge in [-0.05, 0) is 123 Å². The van der Waals surface area contributed by atoms with E-state index in [2.05, 4.69) is 34.3 Å². The highest BCUT2D eigenvalue weighted by atomic mass is 14.7. The zero-order valence-corrected chi connectivity index (χ0v) is 17.2. The van der Waals surface area contributed by atoms with E-state index in [0.717, 1.165) is 40.9 Å². The summed E-state index contributed by atoms with van der Waals surface area (Å²) in [6.07, 6.45) is 15.3. The second-order valence-corrected chi connectivity index (χ2v) is 11.8. The molecule has 5 rings (SSSR count). The minimum absolute atomic E-state index is 0.580. The van der Waals surface area contributed by atoms with Crippen LogP contribution in [0.25, 0.3) is 0 Å². The van der Waals surface area contributed by atoms with Gasteiger partial charge in [0.25, 0.3) is 0 Å². The lowest BCUT2D eigenvalue weighted by Gasteiger charge is -2.61. The maximum Gasteiger partial charge on any atom is -0.0152 e. The predicted molar refractivity (Wildman–Crippen MR) is 106 cm³/mol. The van der Waals surface area contributed by atoms with E-state index < -0.39 is 0 Å². The van der Waals surface area contributed by atoms with Crippen LogP contribution in [0.1, 0.15) is 91.9 Å². The molecule has 25 heavy (non-hydrogen) atoms. The molecule has 5 fully saturated rings. The Bertz CT molecular complexity index is 589. The van der Waals surface area contributed by atoms with E-state index in [1.54, 1.807) is 38.5 Å². The van der Waals surface area contributed by atoms with Gasteiger partial charge in [0.05, 0.1) is 0 Å². The van der Waals surface area contributed by atoms with Crippen molar-refractivity contribution in [2.24, 2.45) is 51.8 Å². The standard InChI is InChI=1S/C25H40/c1-16(2)20-8-9-21-19-7-6-18-15-25(14-17(25)3)13-12-23(18,4)22(19)10-11-24(20,21)5/h17-22H,1,6-15H2,2-5H3/t17-,18+,19?,20-,21?,22?,23+,24-,25-/m1/s1. The van der Waals surface area contributed by atoms with Crippen molar-refractivity contribution < 1.29 is 0 Å². The summed E-state index contributed by atoms with van der Waals surface area (Å²) in [5, 5.41) is 0. The number of hydrogen-bond donors (Lipinski definition) is 0. The van der Waals surface area contributed by atoms with Crippen LogP contribution in [0.3, 0.4) is 0 Å². The summed E-state index contributed by atoms with van der Waals surface area (Å²) in [6, 6.07) is 0. The van der Waals surface area contributed by atoms with Crippen LogP contribution in [-0.2, 0) is 0 Å². The van der Waals surface area contributed by atoms with Gasteiger partial charge in [0.15, 0.2) is 0 Å². The van der Waals surface area contributed by atoms with Gasteiger partial charge >= 0.3 is 0 Å². The Balaban J connectivity index is 1.41. The highest BCUT2D eigenvalue weighted by Gasteiger charge is 2.64. The van der Waals surface area contributed by atoms with Gasteiger partial charge in [0, 0.05) is 0 Å². The molecule has 0 N–H and O–H groups in total. The summed E-state index contributed by atoms with van der Waals surface area (Å²) in [6.45, 7) is 14.6. The molecular formula is C25H40. The summed E-state index contributed by atoms with van der Waals surface area (Å²) in [5.41, 5.74) is 3.54. The van der Waals surface area contributed by atoms with Gasteiger partial charge in [-0.15, -0.1) is 0 Å². The Morgan fingerprint density at radius 2 is 1.56 bits per heavy atom. The maximum atomic E-state index is 4.39. The summed E-state index contributed by atoms with van der Waals surface area (Å²) in [7, 11) is 0. The first kappa shape index (κ1) is 16.9. The van der Waals surface area contributed by atoms with Gasteiger partial charge in [-0.3, -0.25) is 0 Å². The van der Waals surface area contributed by atoms with Crippen LogP contribution >= 0.6 is 0 Å². The number of allylic oxidation sites excluding steroid dienone is 1. The second kappa shape index (κ2) is 5.17. The van der Waals surface area contributed by atoms with E-state index in [4.69, 9.17) is 0 Å². The van der Waals surface area contributed by atoms with Crippen LogP contribution < -0.4 is 0 Å². The molecule has 1 spiro atoms.